The van der Waals surface area contributed by atoms with Gasteiger partial charge < -0.3 is 10.4 Å². The zero-order valence-electron chi connectivity index (χ0n) is 4.56. The first-order chi connectivity index (χ1) is 2.77. The van der Waals surface area contributed by atoms with E-state index >= 15 is 0 Å². The van der Waals surface area contributed by atoms with Crippen molar-refractivity contribution in [3.63, 3.8) is 0 Å². The molecule has 0 aliphatic carbocycles. The van der Waals surface area contributed by atoms with E-state index in [-0.39, 0.29) is 36.1 Å². The Bertz CT molecular complexity index is 56.9. The molecule has 0 spiro atoms. The average molecular weight is 112 g/mol. The van der Waals surface area contributed by atoms with Gasteiger partial charge in [0, 0.05) is 0 Å². The number of rotatable bonds is 2. The van der Waals surface area contributed by atoms with Crippen molar-refractivity contribution in [2.75, 3.05) is 13.6 Å². The zero-order valence-corrected chi connectivity index (χ0v) is 6.56. The number of hydrogen-bond donors (Lipinski definition) is 2. The summed E-state index contributed by atoms with van der Waals surface area (Å²) in [5.41, 5.74) is 0. The van der Waals surface area contributed by atoms with Gasteiger partial charge in [0.15, 0.2) is 0 Å². The van der Waals surface area contributed by atoms with Crippen molar-refractivity contribution in [3.8, 4) is 0 Å². The molecular formula is C3H7NNaO2+. The van der Waals surface area contributed by atoms with E-state index in [4.69, 9.17) is 5.11 Å². The molecular weight excluding hydrogens is 105 g/mol. The summed E-state index contributed by atoms with van der Waals surface area (Å²) in [6.45, 7) is 0.0417. The van der Waals surface area contributed by atoms with Crippen LogP contribution in [0.2, 0.25) is 0 Å². The molecule has 0 radical (unpaired) electrons. The number of likely N-dealkylation sites (N-methyl/N-ethyl adjacent to an activating group) is 1. The zero-order chi connectivity index (χ0) is 4.99. The van der Waals surface area contributed by atoms with E-state index in [9.17, 15) is 4.79 Å². The number of carboxylic acid groups (broad SMARTS) is 1. The molecule has 0 aromatic carbocycles. The second-order valence-corrected chi connectivity index (χ2v) is 0.924. The summed E-state index contributed by atoms with van der Waals surface area (Å²) in [5, 5.41) is 10.3. The number of nitrogens with one attached hydrogen (secondary N) is 1. The first-order valence-corrected chi connectivity index (χ1v) is 1.63. The molecule has 0 aliphatic heterocycles. The fourth-order valence-electron chi connectivity index (χ4n) is 0.151. The molecule has 0 aromatic rings. The molecule has 0 atom stereocenters. The summed E-state index contributed by atoms with van der Waals surface area (Å²) in [6, 6.07) is 0. The molecule has 0 aliphatic rings. The summed E-state index contributed by atoms with van der Waals surface area (Å²) in [5.74, 6) is -0.822. The van der Waals surface area contributed by atoms with E-state index in [1.807, 2.05) is 0 Å². The van der Waals surface area contributed by atoms with E-state index in [1.54, 1.807) is 7.05 Å². The first kappa shape index (κ1) is 10.4. The van der Waals surface area contributed by atoms with Gasteiger partial charge in [-0.3, -0.25) is 4.79 Å². The largest absolute Gasteiger partial charge is 1.00 e. The summed E-state index contributed by atoms with van der Waals surface area (Å²) >= 11 is 0. The SMILES string of the molecule is CNCC(=O)O.[Na+]. The van der Waals surface area contributed by atoms with Gasteiger partial charge in [0.2, 0.25) is 0 Å². The summed E-state index contributed by atoms with van der Waals surface area (Å²) < 4.78 is 0. The number of aliphatic carboxylic acids is 1. The van der Waals surface area contributed by atoms with Crippen LogP contribution in [0, 0.1) is 0 Å². The molecule has 7 heavy (non-hydrogen) atoms. The molecule has 0 unspecified atom stereocenters. The second-order valence-electron chi connectivity index (χ2n) is 0.924. The van der Waals surface area contributed by atoms with Gasteiger partial charge in [0.25, 0.3) is 0 Å². The van der Waals surface area contributed by atoms with Crippen LogP contribution in [0.15, 0.2) is 0 Å². The Kier molecular flexibility index (Phi) is 9.57. The fraction of sp³-hybridized carbons (Fsp3) is 0.667. The van der Waals surface area contributed by atoms with Crippen molar-refractivity contribution < 1.29 is 39.5 Å². The van der Waals surface area contributed by atoms with Crippen LogP contribution in [0.4, 0.5) is 0 Å². The maximum absolute atomic E-state index is 9.54. The minimum Gasteiger partial charge on any atom is -0.480 e. The van der Waals surface area contributed by atoms with Gasteiger partial charge in [-0.15, -0.1) is 0 Å². The van der Waals surface area contributed by atoms with E-state index in [1.165, 1.54) is 0 Å². The molecule has 3 nitrogen and oxygen atoms in total. The van der Waals surface area contributed by atoms with Crippen LogP contribution in [-0.2, 0) is 4.79 Å². The van der Waals surface area contributed by atoms with Crippen LogP contribution in [0.5, 0.6) is 0 Å². The molecule has 0 aromatic heterocycles. The Morgan fingerprint density at radius 2 is 2.29 bits per heavy atom. The minimum atomic E-state index is -0.822. The molecule has 0 heterocycles. The second kappa shape index (κ2) is 6.43. The van der Waals surface area contributed by atoms with Crippen molar-refractivity contribution in [3.05, 3.63) is 0 Å². The quantitative estimate of drug-likeness (QED) is 0.361. The van der Waals surface area contributed by atoms with Crippen LogP contribution >= 0.6 is 0 Å². The third-order valence-electron chi connectivity index (χ3n) is 0.328. The number of carbonyl (C=O) groups is 1. The Morgan fingerprint density at radius 1 is 1.86 bits per heavy atom. The maximum Gasteiger partial charge on any atom is 1.00 e. The van der Waals surface area contributed by atoms with Crippen LogP contribution in [0.25, 0.3) is 0 Å². The molecule has 0 saturated heterocycles. The van der Waals surface area contributed by atoms with Crippen LogP contribution in [0.1, 0.15) is 0 Å². The summed E-state index contributed by atoms with van der Waals surface area (Å²) in [4.78, 5) is 9.54. The van der Waals surface area contributed by atoms with E-state index in [0.717, 1.165) is 0 Å². The van der Waals surface area contributed by atoms with Gasteiger partial charge in [-0.25, -0.2) is 0 Å². The van der Waals surface area contributed by atoms with E-state index < -0.39 is 5.97 Å². The van der Waals surface area contributed by atoms with Gasteiger partial charge >= 0.3 is 35.5 Å². The monoisotopic (exact) mass is 112 g/mol. The Morgan fingerprint density at radius 3 is 2.29 bits per heavy atom. The van der Waals surface area contributed by atoms with Gasteiger partial charge in [-0.05, 0) is 7.05 Å². The van der Waals surface area contributed by atoms with E-state index in [0.29, 0.717) is 0 Å². The molecule has 2 N–H and O–H groups in total. The number of carboxylic acids is 1. The Hall–Kier alpha value is 0.430. The van der Waals surface area contributed by atoms with Crippen LogP contribution in [-0.4, -0.2) is 24.7 Å². The van der Waals surface area contributed by atoms with Gasteiger partial charge in [-0.1, -0.05) is 0 Å². The molecule has 0 fully saturated rings. The third kappa shape index (κ3) is 10.7. The normalized spacial score (nSPS) is 7.00. The topological polar surface area (TPSA) is 49.3 Å². The third-order valence-corrected chi connectivity index (χ3v) is 0.328. The fourth-order valence-corrected chi connectivity index (χ4v) is 0.151. The van der Waals surface area contributed by atoms with Crippen molar-refractivity contribution >= 4 is 5.97 Å². The Balaban J connectivity index is 0. The minimum absolute atomic E-state index is 0. The molecule has 4 heteroatoms. The molecule has 0 amide bonds. The van der Waals surface area contributed by atoms with Gasteiger partial charge in [-0.2, -0.15) is 0 Å². The smallest absolute Gasteiger partial charge is 0.480 e. The van der Waals surface area contributed by atoms with Crippen LogP contribution in [0.3, 0.4) is 0 Å². The predicted octanol–water partition coefficient (Wildman–Crippen LogP) is -3.71. The maximum atomic E-state index is 9.54. The average Bonchev–Trinajstić information content (AvgIpc) is 1.35. The van der Waals surface area contributed by atoms with Crippen molar-refractivity contribution in [2.24, 2.45) is 0 Å². The predicted molar refractivity (Wildman–Crippen MR) is 21.6 cm³/mol. The van der Waals surface area contributed by atoms with Gasteiger partial charge in [0.1, 0.15) is 0 Å². The van der Waals surface area contributed by atoms with Gasteiger partial charge in [0.05, 0.1) is 6.54 Å². The standard InChI is InChI=1S/C3H7NO2.Na/c1-4-2-3(5)6;/h4H,2H2,1H3,(H,5,6);/q;+1. The summed E-state index contributed by atoms with van der Waals surface area (Å²) in [7, 11) is 1.59. The van der Waals surface area contributed by atoms with Crippen molar-refractivity contribution in [2.45, 2.75) is 0 Å². The molecule has 0 rings (SSSR count). The van der Waals surface area contributed by atoms with Crippen LogP contribution < -0.4 is 34.9 Å². The molecule has 0 saturated carbocycles. The van der Waals surface area contributed by atoms with E-state index in [2.05, 4.69) is 5.32 Å². The Labute approximate surface area is 64.4 Å². The number of hydrogen-bond acceptors (Lipinski definition) is 2. The summed E-state index contributed by atoms with van der Waals surface area (Å²) in [6.07, 6.45) is 0. The molecule has 0 bridgehead atoms. The molecule has 36 valence electrons. The van der Waals surface area contributed by atoms with Crippen molar-refractivity contribution in [1.29, 1.82) is 0 Å². The van der Waals surface area contributed by atoms with Crippen molar-refractivity contribution in [1.82, 2.24) is 5.32 Å². The first-order valence-electron chi connectivity index (χ1n) is 1.63.